The van der Waals surface area contributed by atoms with Crippen LogP contribution in [0.15, 0.2) is 48.8 Å². The maximum Gasteiger partial charge on any atom is 0.253 e. The summed E-state index contributed by atoms with van der Waals surface area (Å²) in [5.41, 5.74) is 1.57. The zero-order chi connectivity index (χ0) is 18.5. The topological polar surface area (TPSA) is 102 Å². The van der Waals surface area contributed by atoms with Gasteiger partial charge in [0, 0.05) is 10.7 Å². The monoisotopic (exact) mass is 390 g/mol. The lowest BCUT2D eigenvalue weighted by molar-refractivity contribution is -0.115. The number of anilines is 1. The zero-order valence-electron chi connectivity index (χ0n) is 13.2. The van der Waals surface area contributed by atoms with E-state index in [0.717, 1.165) is 5.69 Å². The van der Waals surface area contributed by atoms with Crippen LogP contribution in [0.5, 0.6) is 0 Å². The molecule has 0 saturated heterocycles. The van der Waals surface area contributed by atoms with Gasteiger partial charge in [0.2, 0.25) is 5.91 Å². The molecule has 0 unspecified atom stereocenters. The molecule has 0 aliphatic rings. The second kappa shape index (κ2) is 7.94. The molecule has 3 rings (SSSR count). The average Bonchev–Trinajstić information content (AvgIpc) is 3.15. The quantitative estimate of drug-likeness (QED) is 0.695. The van der Waals surface area contributed by atoms with E-state index in [0.29, 0.717) is 10.7 Å². The molecular weight excluding hydrogens is 379 g/mol. The first kappa shape index (κ1) is 17.8. The van der Waals surface area contributed by atoms with E-state index in [-0.39, 0.29) is 23.0 Å². The largest absolute Gasteiger partial charge is 0.343 e. The van der Waals surface area contributed by atoms with Crippen molar-refractivity contribution in [3.05, 3.63) is 64.4 Å². The Labute approximate surface area is 158 Å². The summed E-state index contributed by atoms with van der Waals surface area (Å²) in [6.45, 7) is -0.202. The number of benzene rings is 2. The SMILES string of the molecule is O=C(CNC(=O)c1ccc(Cl)cc1Cl)Nc1ccc(-n2cnnn2)cc1. The maximum absolute atomic E-state index is 12.1. The lowest BCUT2D eigenvalue weighted by Crippen LogP contribution is -2.33. The minimum absolute atomic E-state index is 0.202. The van der Waals surface area contributed by atoms with Gasteiger partial charge in [-0.2, -0.15) is 0 Å². The number of rotatable bonds is 5. The number of nitrogens with one attached hydrogen (secondary N) is 2. The standard InChI is InChI=1S/C16H12Cl2N6O2/c17-10-1-6-13(14(18)7-10)16(26)19-8-15(25)21-11-2-4-12(5-3-11)24-9-20-22-23-24/h1-7,9H,8H2,(H,19,26)(H,21,25). The van der Waals surface area contributed by atoms with E-state index in [4.69, 9.17) is 23.2 Å². The van der Waals surface area contributed by atoms with E-state index in [9.17, 15) is 9.59 Å². The van der Waals surface area contributed by atoms with Gasteiger partial charge in [0.15, 0.2) is 0 Å². The van der Waals surface area contributed by atoms with Crippen LogP contribution in [0.25, 0.3) is 5.69 Å². The van der Waals surface area contributed by atoms with Crippen LogP contribution < -0.4 is 10.6 Å². The summed E-state index contributed by atoms with van der Waals surface area (Å²) in [7, 11) is 0. The summed E-state index contributed by atoms with van der Waals surface area (Å²) in [5.74, 6) is -0.838. The fraction of sp³-hybridized carbons (Fsp3) is 0.0625. The van der Waals surface area contributed by atoms with E-state index in [1.54, 1.807) is 30.3 Å². The zero-order valence-corrected chi connectivity index (χ0v) is 14.7. The molecule has 2 N–H and O–H groups in total. The Kier molecular flexibility index (Phi) is 5.45. The Hall–Kier alpha value is -2.97. The molecule has 8 nitrogen and oxygen atoms in total. The van der Waals surface area contributed by atoms with E-state index in [1.165, 1.54) is 23.1 Å². The van der Waals surface area contributed by atoms with Gasteiger partial charge >= 0.3 is 0 Å². The number of aromatic nitrogens is 4. The average molecular weight is 391 g/mol. The van der Waals surface area contributed by atoms with Gasteiger partial charge in [0.25, 0.3) is 5.91 Å². The lowest BCUT2D eigenvalue weighted by atomic mass is 10.2. The molecule has 1 aromatic heterocycles. The highest BCUT2D eigenvalue weighted by atomic mass is 35.5. The van der Waals surface area contributed by atoms with Crippen LogP contribution in [0.4, 0.5) is 5.69 Å². The maximum atomic E-state index is 12.1. The summed E-state index contributed by atoms with van der Waals surface area (Å²) < 4.78 is 1.49. The molecule has 2 aromatic carbocycles. The van der Waals surface area contributed by atoms with E-state index < -0.39 is 5.91 Å². The molecule has 0 spiro atoms. The molecule has 132 valence electrons. The Morgan fingerprint density at radius 1 is 1.08 bits per heavy atom. The van der Waals surface area contributed by atoms with Crippen LogP contribution in [0.2, 0.25) is 10.0 Å². The number of carbonyl (C=O) groups excluding carboxylic acids is 2. The molecule has 10 heteroatoms. The van der Waals surface area contributed by atoms with Crippen molar-refractivity contribution < 1.29 is 9.59 Å². The van der Waals surface area contributed by atoms with E-state index in [2.05, 4.69) is 26.2 Å². The number of hydrogen-bond acceptors (Lipinski definition) is 5. The highest BCUT2D eigenvalue weighted by molar-refractivity contribution is 6.36. The third-order valence-corrected chi connectivity index (χ3v) is 3.90. The second-order valence-electron chi connectivity index (χ2n) is 5.16. The normalized spacial score (nSPS) is 10.4. The molecule has 0 saturated carbocycles. The molecular formula is C16H12Cl2N6O2. The molecule has 3 aromatic rings. The molecule has 0 radical (unpaired) electrons. The molecule has 0 aliphatic carbocycles. The molecule has 0 atom stereocenters. The Balaban J connectivity index is 1.54. The number of carbonyl (C=O) groups is 2. The summed E-state index contributed by atoms with van der Waals surface area (Å²) >= 11 is 11.8. The fourth-order valence-electron chi connectivity index (χ4n) is 2.11. The molecule has 1 heterocycles. The molecule has 0 bridgehead atoms. The van der Waals surface area contributed by atoms with Crippen LogP contribution in [0, 0.1) is 0 Å². The predicted molar refractivity (Wildman–Crippen MR) is 96.6 cm³/mol. The van der Waals surface area contributed by atoms with Crippen LogP contribution in [-0.2, 0) is 4.79 Å². The van der Waals surface area contributed by atoms with Gasteiger partial charge in [0.1, 0.15) is 6.33 Å². The Bertz CT molecular complexity index is 928. The second-order valence-corrected chi connectivity index (χ2v) is 6.00. The minimum Gasteiger partial charge on any atom is -0.343 e. The Morgan fingerprint density at radius 2 is 1.85 bits per heavy atom. The van der Waals surface area contributed by atoms with Gasteiger partial charge in [-0.05, 0) is 52.9 Å². The number of halogens is 2. The van der Waals surface area contributed by atoms with Crippen molar-refractivity contribution >= 4 is 40.7 Å². The van der Waals surface area contributed by atoms with Crippen molar-refractivity contribution in [1.29, 1.82) is 0 Å². The van der Waals surface area contributed by atoms with Crippen molar-refractivity contribution in [3.63, 3.8) is 0 Å². The van der Waals surface area contributed by atoms with Crippen molar-refractivity contribution in [1.82, 2.24) is 25.5 Å². The third kappa shape index (κ3) is 4.35. The Morgan fingerprint density at radius 3 is 2.50 bits per heavy atom. The number of hydrogen-bond donors (Lipinski definition) is 2. The van der Waals surface area contributed by atoms with Gasteiger partial charge in [-0.25, -0.2) is 4.68 Å². The van der Waals surface area contributed by atoms with Gasteiger partial charge < -0.3 is 10.6 Å². The van der Waals surface area contributed by atoms with Gasteiger partial charge in [-0.15, -0.1) is 5.10 Å². The van der Waals surface area contributed by atoms with Crippen molar-refractivity contribution in [2.45, 2.75) is 0 Å². The molecule has 26 heavy (non-hydrogen) atoms. The highest BCUT2D eigenvalue weighted by Gasteiger charge is 2.12. The minimum atomic E-state index is -0.462. The van der Waals surface area contributed by atoms with Crippen LogP contribution >= 0.6 is 23.2 Å². The first-order valence-electron chi connectivity index (χ1n) is 7.39. The summed E-state index contributed by atoms with van der Waals surface area (Å²) in [6, 6.07) is 11.4. The molecule has 2 amide bonds. The molecule has 0 aliphatic heterocycles. The highest BCUT2D eigenvalue weighted by Crippen LogP contribution is 2.20. The van der Waals surface area contributed by atoms with Crippen LogP contribution in [0.3, 0.4) is 0 Å². The van der Waals surface area contributed by atoms with E-state index >= 15 is 0 Å². The summed E-state index contributed by atoms with van der Waals surface area (Å²) in [4.78, 5) is 24.1. The van der Waals surface area contributed by atoms with Crippen molar-refractivity contribution in [3.8, 4) is 5.69 Å². The number of tetrazole rings is 1. The first-order chi connectivity index (χ1) is 12.5. The van der Waals surface area contributed by atoms with Crippen LogP contribution in [-0.4, -0.2) is 38.6 Å². The number of amides is 2. The lowest BCUT2D eigenvalue weighted by Gasteiger charge is -2.09. The van der Waals surface area contributed by atoms with Crippen LogP contribution in [0.1, 0.15) is 10.4 Å². The van der Waals surface area contributed by atoms with Crippen molar-refractivity contribution in [2.24, 2.45) is 0 Å². The third-order valence-electron chi connectivity index (χ3n) is 3.35. The van der Waals surface area contributed by atoms with Crippen molar-refractivity contribution in [2.75, 3.05) is 11.9 Å². The molecule has 0 fully saturated rings. The smallest absolute Gasteiger partial charge is 0.253 e. The summed E-state index contributed by atoms with van der Waals surface area (Å²) in [5, 5.41) is 16.7. The fourth-order valence-corrected chi connectivity index (χ4v) is 2.61. The van der Waals surface area contributed by atoms with E-state index in [1.807, 2.05) is 0 Å². The number of nitrogens with zero attached hydrogens (tertiary/aromatic N) is 4. The predicted octanol–water partition coefficient (Wildman–Crippen LogP) is 2.34. The summed E-state index contributed by atoms with van der Waals surface area (Å²) in [6.07, 6.45) is 1.46. The van der Waals surface area contributed by atoms with Gasteiger partial charge in [0.05, 0.1) is 22.8 Å². The van der Waals surface area contributed by atoms with Gasteiger partial charge in [-0.1, -0.05) is 23.2 Å². The first-order valence-corrected chi connectivity index (χ1v) is 8.15. The van der Waals surface area contributed by atoms with Gasteiger partial charge in [-0.3, -0.25) is 9.59 Å².